The lowest BCUT2D eigenvalue weighted by molar-refractivity contribution is -0.138. The van der Waals surface area contributed by atoms with Gasteiger partial charge < -0.3 is 9.64 Å². The van der Waals surface area contributed by atoms with Crippen LogP contribution in [0, 0.1) is 5.82 Å². The average Bonchev–Trinajstić information content (AvgIpc) is 2.70. The van der Waals surface area contributed by atoms with Gasteiger partial charge in [0.1, 0.15) is 34.7 Å². The Morgan fingerprint density at radius 1 is 1.26 bits per heavy atom. The van der Waals surface area contributed by atoms with Crippen LogP contribution < -0.4 is 15.2 Å². The fourth-order valence-electron chi connectivity index (χ4n) is 3.16. The number of aromatic amines is 1. The molecule has 7 nitrogen and oxygen atoms in total. The van der Waals surface area contributed by atoms with E-state index in [0.29, 0.717) is 0 Å². The van der Waals surface area contributed by atoms with Gasteiger partial charge in [-0.1, -0.05) is 11.6 Å². The molecule has 0 bridgehead atoms. The van der Waals surface area contributed by atoms with Crippen LogP contribution in [0.4, 0.5) is 27.6 Å². The number of hydrogen-bond acceptors (Lipinski definition) is 6. The van der Waals surface area contributed by atoms with Crippen molar-refractivity contribution in [3.8, 4) is 11.6 Å². The summed E-state index contributed by atoms with van der Waals surface area (Å²) in [5.74, 6) is -2.26. The topological polar surface area (TPSA) is 84.0 Å². The number of ether oxygens (including phenoxy) is 1. The normalized spacial score (nSPS) is 16.2. The van der Waals surface area contributed by atoms with Gasteiger partial charge in [-0.2, -0.15) is 18.3 Å². The monoisotopic (exact) mass is 459 g/mol. The lowest BCUT2D eigenvalue weighted by atomic mass is 10.0. The number of fused-ring (bicyclic) bond motifs is 1. The maximum absolute atomic E-state index is 15.1. The molecule has 0 spiro atoms. The van der Waals surface area contributed by atoms with Gasteiger partial charge in [0, 0.05) is 0 Å². The summed E-state index contributed by atoms with van der Waals surface area (Å²) in [4.78, 5) is 20.8. The van der Waals surface area contributed by atoms with Gasteiger partial charge in [-0.05, 0) is 18.2 Å². The molecule has 0 saturated heterocycles. The first-order valence-electron chi connectivity index (χ1n) is 8.65. The first-order valence-corrected chi connectivity index (χ1v) is 9.03. The number of anilines is 1. The number of hydrogen-bond donors (Lipinski definition) is 1. The summed E-state index contributed by atoms with van der Waals surface area (Å²) < 4.78 is 73.4. The number of nitrogens with one attached hydrogen (secondary N) is 1. The number of aromatic nitrogens is 4. The Morgan fingerprint density at radius 2 is 2.03 bits per heavy atom. The Morgan fingerprint density at radius 3 is 2.77 bits per heavy atom. The third-order valence-corrected chi connectivity index (χ3v) is 4.90. The van der Waals surface area contributed by atoms with Crippen LogP contribution in [-0.2, 0) is 12.7 Å². The number of H-pyrrole nitrogens is 1. The fraction of sp³-hybridized carbons (Fsp3) is 0.222. The quantitative estimate of drug-likeness (QED) is 0.591. The molecule has 0 radical (unpaired) electrons. The van der Waals surface area contributed by atoms with E-state index in [1.165, 1.54) is 11.1 Å². The van der Waals surface area contributed by atoms with E-state index < -0.39 is 40.9 Å². The smallest absolute Gasteiger partial charge is 0.420 e. The van der Waals surface area contributed by atoms with Crippen molar-refractivity contribution in [3.05, 3.63) is 68.7 Å². The van der Waals surface area contributed by atoms with E-state index in [-0.39, 0.29) is 41.1 Å². The molecule has 162 valence electrons. The van der Waals surface area contributed by atoms with E-state index in [2.05, 4.69) is 20.2 Å². The minimum absolute atomic E-state index is 0.0327. The van der Waals surface area contributed by atoms with Crippen LogP contribution in [0.2, 0.25) is 5.02 Å². The van der Waals surface area contributed by atoms with Gasteiger partial charge in [0.2, 0.25) is 5.88 Å². The number of benzene rings is 1. The molecule has 1 aromatic carbocycles. The molecule has 1 N–H and O–H groups in total. The minimum Gasteiger partial charge on any atom is -0.438 e. The number of nitrogens with zero attached hydrogens (tertiary/aromatic N) is 4. The highest BCUT2D eigenvalue weighted by molar-refractivity contribution is 6.33. The van der Waals surface area contributed by atoms with Crippen molar-refractivity contribution in [3.63, 3.8) is 0 Å². The van der Waals surface area contributed by atoms with Gasteiger partial charge in [-0.15, -0.1) is 0 Å². The van der Waals surface area contributed by atoms with Crippen LogP contribution in [0.15, 0.2) is 35.5 Å². The highest BCUT2D eigenvalue weighted by Crippen LogP contribution is 2.42. The van der Waals surface area contributed by atoms with Gasteiger partial charge >= 0.3 is 6.18 Å². The molecule has 1 unspecified atom stereocenters. The van der Waals surface area contributed by atoms with Crippen molar-refractivity contribution in [1.82, 2.24) is 20.2 Å². The molecule has 31 heavy (non-hydrogen) atoms. The van der Waals surface area contributed by atoms with Crippen LogP contribution in [0.25, 0.3) is 0 Å². The van der Waals surface area contributed by atoms with Crippen molar-refractivity contribution in [2.45, 2.75) is 18.9 Å². The molecule has 1 aliphatic rings. The van der Waals surface area contributed by atoms with Crippen molar-refractivity contribution in [2.24, 2.45) is 0 Å². The molecule has 2 aromatic heterocycles. The zero-order valence-electron chi connectivity index (χ0n) is 15.3. The summed E-state index contributed by atoms with van der Waals surface area (Å²) >= 11 is 5.97. The Hall–Kier alpha value is -3.28. The summed E-state index contributed by atoms with van der Waals surface area (Å²) in [6.07, 6.45) is -4.45. The van der Waals surface area contributed by atoms with Crippen LogP contribution in [0.1, 0.15) is 23.0 Å². The van der Waals surface area contributed by atoms with E-state index >= 15 is 4.39 Å². The minimum atomic E-state index is -4.90. The molecule has 0 aliphatic carbocycles. The van der Waals surface area contributed by atoms with Crippen molar-refractivity contribution in [2.75, 3.05) is 11.4 Å². The second-order valence-corrected chi connectivity index (χ2v) is 6.90. The molecule has 3 aromatic rings. The summed E-state index contributed by atoms with van der Waals surface area (Å²) in [6, 6.07) is 1.85. The predicted molar refractivity (Wildman–Crippen MR) is 98.3 cm³/mol. The third-order valence-electron chi connectivity index (χ3n) is 4.54. The molecular formula is C18H11ClF5N5O2. The van der Waals surface area contributed by atoms with Gasteiger partial charge in [-0.3, -0.25) is 4.79 Å². The second-order valence-electron chi connectivity index (χ2n) is 6.53. The number of alkyl halides is 4. The van der Waals surface area contributed by atoms with Crippen LogP contribution in [0.3, 0.4) is 0 Å². The van der Waals surface area contributed by atoms with Gasteiger partial charge in [-0.25, -0.2) is 23.8 Å². The summed E-state index contributed by atoms with van der Waals surface area (Å²) in [7, 11) is 0. The lowest BCUT2D eigenvalue weighted by Gasteiger charge is -2.32. The molecule has 4 rings (SSSR count). The van der Waals surface area contributed by atoms with E-state index in [1.54, 1.807) is 0 Å². The molecule has 0 fully saturated rings. The van der Waals surface area contributed by atoms with Crippen molar-refractivity contribution in [1.29, 1.82) is 0 Å². The SMILES string of the molecule is O=c1[nH]ncc(N2Cc3ncnc(Oc4ccc(F)cc4C(F)(F)F)c3C(F)C2)c1Cl. The highest BCUT2D eigenvalue weighted by Gasteiger charge is 2.37. The van der Waals surface area contributed by atoms with Gasteiger partial charge in [0.15, 0.2) is 0 Å². The van der Waals surface area contributed by atoms with Crippen LogP contribution in [-0.4, -0.2) is 26.7 Å². The Balaban J connectivity index is 1.71. The van der Waals surface area contributed by atoms with E-state index in [1.807, 2.05) is 0 Å². The zero-order chi connectivity index (χ0) is 22.3. The lowest BCUT2D eigenvalue weighted by Crippen LogP contribution is -2.34. The zero-order valence-corrected chi connectivity index (χ0v) is 16.0. The summed E-state index contributed by atoms with van der Waals surface area (Å²) in [6.45, 7) is -0.341. The van der Waals surface area contributed by atoms with Crippen molar-refractivity contribution >= 4 is 17.3 Å². The Bertz CT molecular complexity index is 1200. The molecular weight excluding hydrogens is 449 g/mol. The maximum Gasteiger partial charge on any atom is 0.420 e. The molecule has 0 amide bonds. The number of halogens is 6. The standard InChI is InChI=1S/C18H11ClF5N5O2/c19-15-12(4-27-28-16(15)30)29-5-10(21)14-11(6-29)25-7-26-17(14)31-13-2-1-8(20)3-9(13)18(22,23)24/h1-4,7,10H,5-6H2,(H,28,30). The molecule has 3 heterocycles. The molecule has 1 atom stereocenters. The summed E-state index contributed by atoms with van der Waals surface area (Å²) in [5, 5.41) is 5.58. The first-order chi connectivity index (χ1) is 14.6. The van der Waals surface area contributed by atoms with E-state index in [9.17, 15) is 22.4 Å². The fourth-order valence-corrected chi connectivity index (χ4v) is 3.37. The second kappa shape index (κ2) is 7.76. The molecule has 0 saturated carbocycles. The molecule has 13 heteroatoms. The van der Waals surface area contributed by atoms with E-state index in [0.717, 1.165) is 18.5 Å². The number of rotatable bonds is 3. The first kappa shape index (κ1) is 21.0. The largest absolute Gasteiger partial charge is 0.438 e. The summed E-state index contributed by atoms with van der Waals surface area (Å²) in [5.41, 5.74) is -1.89. The maximum atomic E-state index is 15.1. The van der Waals surface area contributed by atoms with Crippen LogP contribution >= 0.6 is 11.6 Å². The Labute approximate surface area is 175 Å². The average molecular weight is 460 g/mol. The highest BCUT2D eigenvalue weighted by atomic mass is 35.5. The van der Waals surface area contributed by atoms with Crippen molar-refractivity contribution < 1.29 is 26.7 Å². The van der Waals surface area contributed by atoms with E-state index in [4.69, 9.17) is 16.3 Å². The third kappa shape index (κ3) is 4.02. The van der Waals surface area contributed by atoms with Crippen LogP contribution in [0.5, 0.6) is 11.6 Å². The Kier molecular flexibility index (Phi) is 5.25. The molecule has 1 aliphatic heterocycles. The predicted octanol–water partition coefficient (Wildman–Crippen LogP) is 4.19. The van der Waals surface area contributed by atoms with Gasteiger partial charge in [0.05, 0.1) is 36.2 Å². The van der Waals surface area contributed by atoms with Gasteiger partial charge in [0.25, 0.3) is 5.56 Å².